The van der Waals surface area contributed by atoms with E-state index in [-0.39, 0.29) is 27.1 Å². The Kier molecular flexibility index (Phi) is 6.66. The van der Waals surface area contributed by atoms with Crippen molar-refractivity contribution in [1.29, 1.82) is 0 Å². The predicted octanol–water partition coefficient (Wildman–Crippen LogP) is 3.78. The zero-order chi connectivity index (χ0) is 19.7. The molecule has 5 nitrogen and oxygen atoms in total. The van der Waals surface area contributed by atoms with E-state index in [0.717, 1.165) is 0 Å². The lowest BCUT2D eigenvalue weighted by Crippen LogP contribution is -2.46. The maximum absolute atomic E-state index is 13.9. The third kappa shape index (κ3) is 4.92. The summed E-state index contributed by atoms with van der Waals surface area (Å²) in [7, 11) is -3.44. The largest absolute Gasteiger partial charge is 0.323 e. The Morgan fingerprint density at radius 2 is 1.69 bits per heavy atom. The predicted molar refractivity (Wildman–Crippen MR) is 105 cm³/mol. The molecular formula is C17H23F2IN2O3S. The number of anilines is 1. The van der Waals surface area contributed by atoms with Gasteiger partial charge in [0.2, 0.25) is 15.9 Å². The van der Waals surface area contributed by atoms with Crippen LogP contribution in [-0.4, -0.2) is 25.1 Å². The van der Waals surface area contributed by atoms with E-state index in [0.29, 0.717) is 25.7 Å². The van der Waals surface area contributed by atoms with Crippen molar-refractivity contribution in [2.45, 2.75) is 57.2 Å². The summed E-state index contributed by atoms with van der Waals surface area (Å²) < 4.78 is 53.8. The molecule has 2 rings (SSSR count). The van der Waals surface area contributed by atoms with Crippen molar-refractivity contribution in [3.8, 4) is 0 Å². The molecule has 0 aromatic heterocycles. The third-order valence-electron chi connectivity index (χ3n) is 4.52. The van der Waals surface area contributed by atoms with E-state index < -0.39 is 26.4 Å². The molecule has 1 saturated carbocycles. The van der Waals surface area contributed by atoms with Crippen molar-refractivity contribution in [3.63, 3.8) is 0 Å². The molecule has 0 heterocycles. The molecule has 0 radical (unpaired) electrons. The summed E-state index contributed by atoms with van der Waals surface area (Å²) in [5.74, 6) is -2.78. The lowest BCUT2D eigenvalue weighted by atomic mass is 9.86. The smallest absolute Gasteiger partial charge is 0.227 e. The maximum Gasteiger partial charge on any atom is 0.227 e. The van der Waals surface area contributed by atoms with Gasteiger partial charge in [0.15, 0.2) is 11.6 Å². The van der Waals surface area contributed by atoms with Crippen molar-refractivity contribution < 1.29 is 22.0 Å². The van der Waals surface area contributed by atoms with Crippen LogP contribution in [0.25, 0.3) is 0 Å². The van der Waals surface area contributed by atoms with Gasteiger partial charge < -0.3 is 5.32 Å². The molecule has 26 heavy (non-hydrogen) atoms. The topological polar surface area (TPSA) is 75.3 Å². The van der Waals surface area contributed by atoms with E-state index in [1.54, 1.807) is 43.4 Å². The van der Waals surface area contributed by atoms with Gasteiger partial charge in [-0.1, -0.05) is 0 Å². The zero-order valence-corrected chi connectivity index (χ0v) is 17.9. The first-order valence-corrected chi connectivity index (χ1v) is 10.9. The van der Waals surface area contributed by atoms with E-state index >= 15 is 0 Å². The van der Waals surface area contributed by atoms with E-state index in [9.17, 15) is 22.0 Å². The average molecular weight is 500 g/mol. The van der Waals surface area contributed by atoms with Crippen molar-refractivity contribution in [1.82, 2.24) is 4.72 Å². The van der Waals surface area contributed by atoms with Gasteiger partial charge in [-0.15, -0.1) is 0 Å². The molecule has 146 valence electrons. The lowest BCUT2D eigenvalue weighted by molar-refractivity contribution is -0.120. The average Bonchev–Trinajstić information content (AvgIpc) is 2.54. The van der Waals surface area contributed by atoms with E-state index in [1.807, 2.05) is 0 Å². The number of nitrogens with one attached hydrogen (secondary N) is 2. The zero-order valence-electron chi connectivity index (χ0n) is 14.9. The van der Waals surface area contributed by atoms with Crippen LogP contribution in [0.3, 0.4) is 0 Å². The summed E-state index contributed by atoms with van der Waals surface area (Å²) in [5.41, 5.74) is -0.177. The summed E-state index contributed by atoms with van der Waals surface area (Å²) in [4.78, 5) is 12.3. The fraction of sp³-hybridized carbons (Fsp3) is 0.588. The van der Waals surface area contributed by atoms with Crippen LogP contribution in [0.1, 0.15) is 46.5 Å². The van der Waals surface area contributed by atoms with Crippen LogP contribution in [0, 0.1) is 21.1 Å². The molecular weight excluding hydrogens is 477 g/mol. The fourth-order valence-corrected chi connectivity index (χ4v) is 4.17. The minimum atomic E-state index is -3.44. The highest BCUT2D eigenvalue weighted by molar-refractivity contribution is 14.1. The fourth-order valence-electron chi connectivity index (χ4n) is 2.73. The third-order valence-corrected chi connectivity index (χ3v) is 7.61. The lowest BCUT2D eigenvalue weighted by Gasteiger charge is -2.30. The molecule has 0 aliphatic heterocycles. The highest BCUT2D eigenvalue weighted by atomic mass is 127. The number of benzene rings is 1. The summed E-state index contributed by atoms with van der Waals surface area (Å²) in [6, 6.07) is 2.52. The van der Waals surface area contributed by atoms with Gasteiger partial charge in [0.25, 0.3) is 0 Å². The quantitative estimate of drug-likeness (QED) is 0.488. The molecule has 1 aliphatic rings. The number of sulfonamides is 1. The van der Waals surface area contributed by atoms with E-state index in [1.165, 1.54) is 12.1 Å². The molecule has 1 fully saturated rings. The summed E-state index contributed by atoms with van der Waals surface area (Å²) in [6.07, 6.45) is 2.02. The number of hydrogen-bond acceptors (Lipinski definition) is 3. The minimum Gasteiger partial charge on any atom is -0.323 e. The normalized spacial score (nSPS) is 21.5. The minimum absolute atomic E-state index is 0.143. The monoisotopic (exact) mass is 500 g/mol. The van der Waals surface area contributed by atoms with Gasteiger partial charge in [-0.25, -0.2) is 21.9 Å². The van der Waals surface area contributed by atoms with Gasteiger partial charge in [0, 0.05) is 12.0 Å². The first kappa shape index (κ1) is 21.5. The first-order valence-electron chi connectivity index (χ1n) is 8.38. The van der Waals surface area contributed by atoms with Gasteiger partial charge >= 0.3 is 0 Å². The molecule has 1 amide bonds. The van der Waals surface area contributed by atoms with Crippen LogP contribution in [0.15, 0.2) is 12.1 Å². The van der Waals surface area contributed by atoms with Crippen LogP contribution >= 0.6 is 22.6 Å². The van der Waals surface area contributed by atoms with Crippen molar-refractivity contribution in [2.75, 3.05) is 5.32 Å². The van der Waals surface area contributed by atoms with Crippen LogP contribution in [0.5, 0.6) is 0 Å². The van der Waals surface area contributed by atoms with Crippen LogP contribution in [0.2, 0.25) is 0 Å². The maximum atomic E-state index is 13.9. The van der Waals surface area contributed by atoms with Gasteiger partial charge in [-0.2, -0.15) is 0 Å². The van der Waals surface area contributed by atoms with E-state index in [4.69, 9.17) is 0 Å². The standard InChI is InChI=1S/C17H23F2IN2O3S/c1-17(2,3)26(24,25)22-11-6-4-10(5-7-11)16(23)21-13-9-8-12(20)14(18)15(13)19/h8-11,22H,4-7H2,1-3H3,(H,21,23). The van der Waals surface area contributed by atoms with Gasteiger partial charge in [-0.3, -0.25) is 4.79 Å². The second-order valence-corrected chi connectivity index (χ2v) is 11.1. The van der Waals surface area contributed by atoms with Crippen molar-refractivity contribution in [2.24, 2.45) is 5.92 Å². The Balaban J connectivity index is 1.94. The molecule has 0 spiro atoms. The molecule has 0 atom stereocenters. The second-order valence-electron chi connectivity index (χ2n) is 7.49. The molecule has 1 aliphatic carbocycles. The molecule has 1 aromatic rings. The molecule has 9 heteroatoms. The first-order chi connectivity index (χ1) is 11.9. The van der Waals surface area contributed by atoms with E-state index in [2.05, 4.69) is 10.0 Å². The van der Waals surface area contributed by atoms with Crippen molar-refractivity contribution >= 4 is 44.2 Å². The molecule has 0 saturated heterocycles. The summed E-state index contributed by atoms with van der Waals surface area (Å²) >= 11 is 1.68. The number of hydrogen-bond donors (Lipinski definition) is 2. The number of carbonyl (C=O) groups is 1. The Labute approximate surface area is 166 Å². The van der Waals surface area contributed by atoms with Crippen LogP contribution < -0.4 is 10.0 Å². The van der Waals surface area contributed by atoms with Gasteiger partial charge in [0.05, 0.1) is 14.0 Å². The number of carbonyl (C=O) groups excluding carboxylic acids is 1. The Bertz CT molecular complexity index is 786. The number of rotatable bonds is 4. The second kappa shape index (κ2) is 8.05. The highest BCUT2D eigenvalue weighted by Crippen LogP contribution is 2.28. The van der Waals surface area contributed by atoms with Crippen molar-refractivity contribution in [3.05, 3.63) is 27.3 Å². The van der Waals surface area contributed by atoms with Gasteiger partial charge in [-0.05, 0) is 81.2 Å². The molecule has 0 bridgehead atoms. The molecule has 0 unspecified atom stereocenters. The number of amides is 1. The summed E-state index contributed by atoms with van der Waals surface area (Å²) in [6.45, 7) is 4.88. The SMILES string of the molecule is CC(C)(C)S(=O)(=O)NC1CCC(C(=O)Nc2ccc(I)c(F)c2F)CC1. The summed E-state index contributed by atoms with van der Waals surface area (Å²) in [5, 5.41) is 2.44. The Hall–Kier alpha value is -0.810. The molecule has 1 aromatic carbocycles. The Morgan fingerprint density at radius 1 is 1.12 bits per heavy atom. The van der Waals surface area contributed by atoms with Crippen LogP contribution in [0.4, 0.5) is 14.5 Å². The van der Waals surface area contributed by atoms with Gasteiger partial charge in [0.1, 0.15) is 0 Å². The number of halogens is 3. The Morgan fingerprint density at radius 3 is 2.23 bits per heavy atom. The van der Waals surface area contributed by atoms with Crippen LogP contribution in [-0.2, 0) is 14.8 Å². The highest BCUT2D eigenvalue weighted by Gasteiger charge is 2.34. The molecule has 2 N–H and O–H groups in total.